The van der Waals surface area contributed by atoms with E-state index in [1.165, 1.54) is 0 Å². The first kappa shape index (κ1) is 19.2. The van der Waals surface area contributed by atoms with E-state index in [0.717, 1.165) is 19.3 Å². The van der Waals surface area contributed by atoms with Crippen molar-refractivity contribution in [3.05, 3.63) is 24.3 Å². The Kier molecular flexibility index (Phi) is 7.73. The van der Waals surface area contributed by atoms with Gasteiger partial charge < -0.3 is 19.7 Å². The van der Waals surface area contributed by atoms with Gasteiger partial charge in [-0.3, -0.25) is 9.59 Å². The van der Waals surface area contributed by atoms with E-state index >= 15 is 0 Å². The number of ether oxygens (including phenoxy) is 2. The van der Waals surface area contributed by atoms with Crippen LogP contribution in [-0.2, 0) is 14.3 Å². The minimum atomic E-state index is -0.383. The van der Waals surface area contributed by atoms with Crippen molar-refractivity contribution in [2.24, 2.45) is 0 Å². The number of piperidine rings is 1. The van der Waals surface area contributed by atoms with Gasteiger partial charge in [-0.25, -0.2) is 0 Å². The second kappa shape index (κ2) is 10.0. The van der Waals surface area contributed by atoms with Crippen LogP contribution in [0, 0.1) is 0 Å². The van der Waals surface area contributed by atoms with Gasteiger partial charge in [0.2, 0.25) is 11.8 Å². The van der Waals surface area contributed by atoms with Crippen LogP contribution in [0.25, 0.3) is 0 Å². The number of carbonyl (C=O) groups is 2. The molecule has 2 rings (SSSR count). The van der Waals surface area contributed by atoms with Gasteiger partial charge in [-0.05, 0) is 37.8 Å². The number of carbonyl (C=O) groups excluding carboxylic acids is 2. The molecule has 2 amide bonds. The first-order valence-corrected chi connectivity index (χ1v) is 8.97. The number of likely N-dealkylation sites (tertiary alicyclic amines) is 1. The molecule has 1 N–H and O–H groups in total. The lowest BCUT2D eigenvalue weighted by Crippen LogP contribution is -2.49. The van der Waals surface area contributed by atoms with E-state index in [2.05, 4.69) is 5.32 Å². The summed E-state index contributed by atoms with van der Waals surface area (Å²) in [6.45, 7) is 3.60. The van der Waals surface area contributed by atoms with Crippen LogP contribution in [0.15, 0.2) is 24.3 Å². The summed E-state index contributed by atoms with van der Waals surface area (Å²) in [7, 11) is 1.62. The van der Waals surface area contributed by atoms with Crippen molar-refractivity contribution in [3.63, 3.8) is 0 Å². The van der Waals surface area contributed by atoms with Crippen LogP contribution in [0.1, 0.15) is 39.0 Å². The Morgan fingerprint density at radius 1 is 1.28 bits per heavy atom. The molecule has 0 bridgehead atoms. The zero-order valence-electron chi connectivity index (χ0n) is 15.1. The molecular weight excluding hydrogens is 320 g/mol. The molecule has 0 aromatic heterocycles. The molecule has 0 saturated carbocycles. The molecule has 6 nitrogen and oxygen atoms in total. The molecule has 1 atom stereocenters. The number of hydrogen-bond acceptors (Lipinski definition) is 4. The normalized spacial score (nSPS) is 17.2. The van der Waals surface area contributed by atoms with E-state index in [1.54, 1.807) is 18.1 Å². The van der Waals surface area contributed by atoms with Crippen LogP contribution < -0.4 is 10.1 Å². The maximum atomic E-state index is 12.7. The number of methoxy groups -OCH3 is 1. The second-order valence-corrected chi connectivity index (χ2v) is 6.21. The van der Waals surface area contributed by atoms with Gasteiger partial charge in [-0.1, -0.05) is 13.0 Å². The Bertz CT molecular complexity index is 576. The van der Waals surface area contributed by atoms with Gasteiger partial charge in [0.1, 0.15) is 18.4 Å². The lowest BCUT2D eigenvalue weighted by molar-refractivity contribution is -0.140. The van der Waals surface area contributed by atoms with Crippen molar-refractivity contribution >= 4 is 17.5 Å². The van der Waals surface area contributed by atoms with Crippen molar-refractivity contribution < 1.29 is 19.1 Å². The summed E-state index contributed by atoms with van der Waals surface area (Å²) in [6, 6.07) is 6.89. The Hall–Kier alpha value is -2.08. The van der Waals surface area contributed by atoms with Crippen molar-refractivity contribution in [2.45, 2.75) is 45.1 Å². The quantitative estimate of drug-likeness (QED) is 0.734. The Balaban J connectivity index is 1.99. The van der Waals surface area contributed by atoms with E-state index in [9.17, 15) is 9.59 Å². The molecule has 0 aliphatic carbocycles. The number of anilines is 1. The molecule has 138 valence electrons. The third-order valence-corrected chi connectivity index (χ3v) is 4.25. The average molecular weight is 348 g/mol. The van der Waals surface area contributed by atoms with Crippen LogP contribution >= 0.6 is 0 Å². The van der Waals surface area contributed by atoms with Gasteiger partial charge in [0.05, 0.1) is 6.61 Å². The number of benzene rings is 1. The summed E-state index contributed by atoms with van der Waals surface area (Å²) in [5.74, 6) is 0.620. The largest absolute Gasteiger partial charge is 0.491 e. The monoisotopic (exact) mass is 348 g/mol. The first-order valence-electron chi connectivity index (χ1n) is 8.97. The predicted molar refractivity (Wildman–Crippen MR) is 96.7 cm³/mol. The molecular formula is C19H28N2O4. The minimum absolute atomic E-state index is 0.0685. The minimum Gasteiger partial charge on any atom is -0.491 e. The van der Waals surface area contributed by atoms with Crippen molar-refractivity contribution in [3.8, 4) is 5.75 Å². The Labute approximate surface area is 149 Å². The maximum absolute atomic E-state index is 12.7. The molecule has 1 fully saturated rings. The predicted octanol–water partition coefficient (Wildman–Crippen LogP) is 2.83. The van der Waals surface area contributed by atoms with E-state index in [0.29, 0.717) is 44.0 Å². The highest BCUT2D eigenvalue weighted by Crippen LogP contribution is 2.22. The van der Waals surface area contributed by atoms with Gasteiger partial charge in [0.15, 0.2) is 0 Å². The second-order valence-electron chi connectivity index (χ2n) is 6.21. The highest BCUT2D eigenvalue weighted by atomic mass is 16.5. The van der Waals surface area contributed by atoms with Crippen molar-refractivity contribution in [2.75, 3.05) is 32.2 Å². The Morgan fingerprint density at radius 2 is 2.12 bits per heavy atom. The summed E-state index contributed by atoms with van der Waals surface area (Å²) in [4.78, 5) is 26.7. The van der Waals surface area contributed by atoms with E-state index in [1.807, 2.05) is 25.1 Å². The van der Waals surface area contributed by atoms with Gasteiger partial charge in [-0.15, -0.1) is 0 Å². The third kappa shape index (κ3) is 5.74. The summed E-state index contributed by atoms with van der Waals surface area (Å²) >= 11 is 0. The molecule has 0 radical (unpaired) electrons. The van der Waals surface area contributed by atoms with Gasteiger partial charge in [-0.2, -0.15) is 0 Å². The van der Waals surface area contributed by atoms with Gasteiger partial charge >= 0.3 is 0 Å². The number of nitrogens with zero attached hydrogens (tertiary/aromatic N) is 1. The fourth-order valence-corrected chi connectivity index (χ4v) is 2.99. The first-order chi connectivity index (χ1) is 12.2. The number of amides is 2. The maximum Gasteiger partial charge on any atom is 0.247 e. The zero-order chi connectivity index (χ0) is 18.1. The number of hydrogen-bond donors (Lipinski definition) is 1. The van der Waals surface area contributed by atoms with Crippen molar-refractivity contribution in [1.82, 2.24) is 4.90 Å². The topological polar surface area (TPSA) is 67.9 Å². The van der Waals surface area contributed by atoms with Crippen LogP contribution in [0.3, 0.4) is 0 Å². The van der Waals surface area contributed by atoms with Gasteiger partial charge in [0, 0.05) is 31.8 Å². The molecule has 1 aliphatic heterocycles. The summed E-state index contributed by atoms with van der Waals surface area (Å²) < 4.78 is 10.5. The zero-order valence-corrected chi connectivity index (χ0v) is 15.1. The van der Waals surface area contributed by atoms with Crippen LogP contribution in [0.2, 0.25) is 0 Å². The lowest BCUT2D eigenvalue weighted by atomic mass is 10.0. The fourth-order valence-electron chi connectivity index (χ4n) is 2.99. The molecule has 0 spiro atoms. The highest BCUT2D eigenvalue weighted by Gasteiger charge is 2.31. The third-order valence-electron chi connectivity index (χ3n) is 4.25. The van der Waals surface area contributed by atoms with Gasteiger partial charge in [0.25, 0.3) is 0 Å². The molecule has 1 saturated heterocycles. The average Bonchev–Trinajstić information content (AvgIpc) is 2.62. The van der Waals surface area contributed by atoms with E-state index in [-0.39, 0.29) is 17.9 Å². The summed E-state index contributed by atoms with van der Waals surface area (Å²) in [5.41, 5.74) is 0.674. The molecule has 0 unspecified atom stereocenters. The molecule has 1 heterocycles. The summed E-state index contributed by atoms with van der Waals surface area (Å²) in [6.07, 6.45) is 3.93. The molecule has 6 heteroatoms. The highest BCUT2D eigenvalue weighted by molar-refractivity contribution is 5.97. The molecule has 1 aromatic carbocycles. The smallest absolute Gasteiger partial charge is 0.247 e. The molecule has 1 aromatic rings. The van der Waals surface area contributed by atoms with E-state index < -0.39 is 0 Å². The van der Waals surface area contributed by atoms with Crippen LogP contribution in [-0.4, -0.2) is 49.6 Å². The number of rotatable bonds is 8. The van der Waals surface area contributed by atoms with E-state index in [4.69, 9.17) is 9.47 Å². The SMILES string of the molecule is CCCC(=O)N1CCCC[C@H]1C(=O)Nc1cccc(OCCOC)c1. The lowest BCUT2D eigenvalue weighted by Gasteiger charge is -2.34. The van der Waals surface area contributed by atoms with Crippen molar-refractivity contribution in [1.29, 1.82) is 0 Å². The van der Waals surface area contributed by atoms with Crippen LogP contribution in [0.5, 0.6) is 5.75 Å². The van der Waals surface area contributed by atoms with Crippen LogP contribution in [0.4, 0.5) is 5.69 Å². The number of nitrogens with one attached hydrogen (secondary N) is 1. The standard InChI is InChI=1S/C19H28N2O4/c1-3-7-18(22)21-11-5-4-10-17(21)19(23)20-15-8-6-9-16(14-15)25-13-12-24-2/h6,8-9,14,17H,3-5,7,10-13H2,1-2H3,(H,20,23)/t17-/m0/s1. The fraction of sp³-hybridized carbons (Fsp3) is 0.579. The molecule has 25 heavy (non-hydrogen) atoms. The summed E-state index contributed by atoms with van der Waals surface area (Å²) in [5, 5.41) is 2.93. The molecule has 1 aliphatic rings. The Morgan fingerprint density at radius 3 is 2.88 bits per heavy atom.